The van der Waals surface area contributed by atoms with Crippen LogP contribution in [0.15, 0.2) is 76.4 Å². The van der Waals surface area contributed by atoms with Gasteiger partial charge in [0.15, 0.2) is 11.9 Å². The van der Waals surface area contributed by atoms with Crippen LogP contribution in [-0.2, 0) is 25.2 Å². The average molecular weight is 592 g/mol. The molecule has 3 N–H and O–H groups in total. The third-order valence-electron chi connectivity index (χ3n) is 6.62. The third-order valence-corrected chi connectivity index (χ3v) is 8.44. The molecule has 41 heavy (non-hydrogen) atoms. The Morgan fingerprint density at radius 3 is 2.51 bits per heavy atom. The van der Waals surface area contributed by atoms with Gasteiger partial charge in [0.05, 0.1) is 19.8 Å². The molecule has 0 radical (unpaired) electrons. The number of ether oxygens (including phenoxy) is 2. The number of rotatable bonds is 12. The molecule has 2 heterocycles. The van der Waals surface area contributed by atoms with Crippen molar-refractivity contribution in [3.8, 4) is 5.75 Å². The minimum atomic E-state index is -4.17. The molecule has 0 spiro atoms. The van der Waals surface area contributed by atoms with Gasteiger partial charge in [-0.25, -0.2) is 18.8 Å². The largest absolute Gasteiger partial charge is 0.459 e. The van der Waals surface area contributed by atoms with Gasteiger partial charge in [-0.1, -0.05) is 42.5 Å². The van der Waals surface area contributed by atoms with Crippen LogP contribution in [0, 0.1) is 6.92 Å². The molecule has 0 bridgehead atoms. The highest BCUT2D eigenvalue weighted by atomic mass is 31.2. The van der Waals surface area contributed by atoms with Crippen molar-refractivity contribution >= 4 is 7.75 Å². The number of benzene rings is 2. The van der Waals surface area contributed by atoms with Gasteiger partial charge in [0.2, 0.25) is 0 Å². The smallest absolute Gasteiger partial charge is 0.413 e. The van der Waals surface area contributed by atoms with Crippen molar-refractivity contribution in [2.75, 3.05) is 13.2 Å². The van der Waals surface area contributed by atoms with E-state index in [0.29, 0.717) is 6.61 Å². The first-order chi connectivity index (χ1) is 19.3. The van der Waals surface area contributed by atoms with Gasteiger partial charge < -0.3 is 19.1 Å². The van der Waals surface area contributed by atoms with Crippen LogP contribution in [-0.4, -0.2) is 51.3 Å². The van der Waals surface area contributed by atoms with Crippen LogP contribution in [0.25, 0.3) is 0 Å². The first-order valence-electron chi connectivity index (χ1n) is 13.0. The van der Waals surface area contributed by atoms with Gasteiger partial charge in [-0.15, -0.1) is 0 Å². The molecular formula is C28H35FN3O8P. The number of aliphatic hydroxyl groups is 1. The minimum absolute atomic E-state index is 0.134. The Morgan fingerprint density at radius 2 is 1.83 bits per heavy atom. The zero-order chi connectivity index (χ0) is 29.8. The number of nitrogens with zero attached hydrogens (tertiary/aromatic N) is 1. The summed E-state index contributed by atoms with van der Waals surface area (Å²) in [5.74, 6) is 0.251. The van der Waals surface area contributed by atoms with Gasteiger partial charge >= 0.3 is 13.4 Å². The van der Waals surface area contributed by atoms with E-state index in [2.05, 4.69) is 5.09 Å². The minimum Gasteiger partial charge on any atom is -0.413 e. The van der Waals surface area contributed by atoms with E-state index in [1.165, 1.54) is 0 Å². The summed E-state index contributed by atoms with van der Waals surface area (Å²) in [5.41, 5.74) is -2.84. The maximum atomic E-state index is 15.6. The number of nitrogens with one attached hydrogen (secondary N) is 2. The van der Waals surface area contributed by atoms with Crippen LogP contribution in [0.1, 0.15) is 38.1 Å². The highest BCUT2D eigenvalue weighted by Gasteiger charge is 2.56. The highest BCUT2D eigenvalue weighted by Crippen LogP contribution is 2.48. The second-order valence-electron chi connectivity index (χ2n) is 10.8. The zero-order valence-electron chi connectivity index (χ0n) is 23.3. The Hall–Kier alpha value is -3.12. The number of halogens is 1. The maximum absolute atomic E-state index is 15.6. The van der Waals surface area contributed by atoms with Gasteiger partial charge in [0.25, 0.3) is 5.56 Å². The van der Waals surface area contributed by atoms with Crippen molar-refractivity contribution in [2.24, 2.45) is 0 Å². The number of alkyl halides is 1. The molecule has 13 heteroatoms. The van der Waals surface area contributed by atoms with Crippen LogP contribution >= 0.6 is 7.75 Å². The van der Waals surface area contributed by atoms with Crippen molar-refractivity contribution in [3.63, 3.8) is 0 Å². The zero-order valence-corrected chi connectivity index (χ0v) is 24.2. The van der Waals surface area contributed by atoms with Gasteiger partial charge in [0, 0.05) is 17.8 Å². The Kier molecular flexibility index (Phi) is 9.32. The molecule has 0 saturated carbocycles. The number of hydrogen-bond donors (Lipinski definition) is 3. The average Bonchev–Trinajstić information content (AvgIpc) is 3.12. The molecule has 1 saturated heterocycles. The van der Waals surface area contributed by atoms with E-state index in [4.69, 9.17) is 18.5 Å². The molecule has 1 aliphatic rings. The molecule has 0 aliphatic carbocycles. The number of H-pyrrole nitrogens is 1. The lowest BCUT2D eigenvalue weighted by molar-refractivity contribution is -0.0595. The van der Waals surface area contributed by atoms with Crippen LogP contribution in [0.3, 0.4) is 0 Å². The Morgan fingerprint density at radius 1 is 1.15 bits per heavy atom. The number of aromatic nitrogens is 2. The summed E-state index contributed by atoms with van der Waals surface area (Å²) in [6, 6.07) is 17.2. The highest BCUT2D eigenvalue weighted by molar-refractivity contribution is 7.52. The van der Waals surface area contributed by atoms with Crippen molar-refractivity contribution in [1.29, 1.82) is 0 Å². The van der Waals surface area contributed by atoms with E-state index in [9.17, 15) is 19.3 Å². The lowest BCUT2D eigenvalue weighted by Gasteiger charge is -2.31. The fraction of sp³-hybridized carbons (Fsp3) is 0.429. The summed E-state index contributed by atoms with van der Waals surface area (Å²) in [6.45, 7) is 6.48. The number of aromatic amines is 1. The molecule has 1 aromatic heterocycles. The van der Waals surface area contributed by atoms with Gasteiger partial charge in [-0.3, -0.25) is 18.9 Å². The molecule has 0 amide bonds. The molecule has 222 valence electrons. The lowest BCUT2D eigenvalue weighted by Crippen LogP contribution is -2.44. The quantitative estimate of drug-likeness (QED) is 0.269. The molecule has 2 aromatic carbocycles. The topological polar surface area (TPSA) is 141 Å². The fourth-order valence-electron chi connectivity index (χ4n) is 4.43. The van der Waals surface area contributed by atoms with Gasteiger partial charge in [-0.05, 0) is 51.0 Å². The molecular weight excluding hydrogens is 556 g/mol. The summed E-state index contributed by atoms with van der Waals surface area (Å²) < 4.78 is 53.5. The monoisotopic (exact) mass is 591 g/mol. The Bertz CT molecular complexity index is 1490. The SMILES string of the molecule is Cc1ccccc1COCC(C)(C)NP(=O)(OC[C@H]1O[C@@H](n2ccc(=O)[nH]c2=O)[C@](C)(F)[C@@H]1O)Oc1ccccc1. The third kappa shape index (κ3) is 7.59. The van der Waals surface area contributed by atoms with Crippen LogP contribution < -0.4 is 20.9 Å². The van der Waals surface area contributed by atoms with E-state index in [1.54, 1.807) is 44.2 Å². The van der Waals surface area contributed by atoms with E-state index in [0.717, 1.165) is 34.9 Å². The van der Waals surface area contributed by atoms with Gasteiger partial charge in [0.1, 0.15) is 18.0 Å². The van der Waals surface area contributed by atoms with Crippen molar-refractivity contribution in [1.82, 2.24) is 14.6 Å². The van der Waals surface area contributed by atoms with Crippen LogP contribution in [0.5, 0.6) is 5.75 Å². The van der Waals surface area contributed by atoms with Crippen LogP contribution in [0.4, 0.5) is 4.39 Å². The predicted molar refractivity (Wildman–Crippen MR) is 149 cm³/mol. The molecule has 1 aliphatic heterocycles. The molecule has 3 aromatic rings. The molecule has 1 unspecified atom stereocenters. The number of hydrogen-bond acceptors (Lipinski definition) is 8. The Labute approximate surface area is 236 Å². The molecule has 1 fully saturated rings. The van der Waals surface area contributed by atoms with E-state index in [1.807, 2.05) is 36.2 Å². The summed E-state index contributed by atoms with van der Waals surface area (Å²) in [6.07, 6.45) is -3.60. The van der Waals surface area contributed by atoms with Crippen molar-refractivity contribution in [3.05, 3.63) is 98.8 Å². The Balaban J connectivity index is 1.48. The second-order valence-corrected chi connectivity index (χ2v) is 12.4. The maximum Gasteiger partial charge on any atom is 0.459 e. The fourth-order valence-corrected chi connectivity index (χ4v) is 6.14. The predicted octanol–water partition coefficient (Wildman–Crippen LogP) is 3.62. The van der Waals surface area contributed by atoms with Crippen molar-refractivity contribution < 1.29 is 32.6 Å². The first kappa shape index (κ1) is 30.8. The lowest BCUT2D eigenvalue weighted by atomic mass is 9.98. The van der Waals surface area contributed by atoms with E-state index < -0.39 is 55.2 Å². The van der Waals surface area contributed by atoms with E-state index in [-0.39, 0.29) is 12.4 Å². The molecule has 11 nitrogen and oxygen atoms in total. The first-order valence-corrected chi connectivity index (χ1v) is 14.6. The number of aliphatic hydroxyl groups excluding tert-OH is 1. The summed E-state index contributed by atoms with van der Waals surface area (Å²) in [7, 11) is -4.17. The summed E-state index contributed by atoms with van der Waals surface area (Å²) in [4.78, 5) is 25.7. The van der Waals surface area contributed by atoms with Crippen molar-refractivity contribution in [2.45, 2.75) is 63.9 Å². The summed E-state index contributed by atoms with van der Waals surface area (Å²) >= 11 is 0. The van der Waals surface area contributed by atoms with E-state index >= 15 is 4.39 Å². The second kappa shape index (κ2) is 12.4. The van der Waals surface area contributed by atoms with Crippen LogP contribution in [0.2, 0.25) is 0 Å². The molecule has 4 rings (SSSR count). The normalized spacial score (nSPS) is 24.2. The number of aryl methyl sites for hydroxylation is 1. The number of para-hydroxylation sites is 1. The standard InChI is InChI=1S/C28H35FN3O8P/c1-19-10-8-9-11-20(19)16-37-18-27(2,3)31-41(36,40-21-12-6-5-7-13-21)38-17-22-24(34)28(4,29)25(39-22)32-15-14-23(33)30-26(32)35/h5-15,22,24-25,34H,16-18H2,1-4H3,(H,31,36)(H,30,33,35)/t22-,24-,25-,28-,41?/m1/s1. The van der Waals surface area contributed by atoms with Gasteiger partial charge in [-0.2, -0.15) is 0 Å². The summed E-state index contributed by atoms with van der Waals surface area (Å²) in [5, 5.41) is 13.6. The molecule has 5 atom stereocenters.